The van der Waals surface area contributed by atoms with Gasteiger partial charge in [-0.1, -0.05) is 55.8 Å². The minimum absolute atomic E-state index is 0.0897. The molecule has 0 aliphatic carbocycles. The largest absolute Gasteiger partial charge is 0.354 e. The molecule has 214 valence electrons. The lowest BCUT2D eigenvalue weighted by atomic mass is 10.1. The van der Waals surface area contributed by atoms with Crippen molar-refractivity contribution in [3.05, 3.63) is 89.5 Å². The van der Waals surface area contributed by atoms with Gasteiger partial charge in [0.25, 0.3) is 10.0 Å². The lowest BCUT2D eigenvalue weighted by molar-refractivity contribution is -0.139. The smallest absolute Gasteiger partial charge is 0.264 e. The summed E-state index contributed by atoms with van der Waals surface area (Å²) in [5.74, 6) is -0.510. The van der Waals surface area contributed by atoms with Gasteiger partial charge in [-0.15, -0.1) is 11.8 Å². The van der Waals surface area contributed by atoms with Crippen LogP contribution in [0.4, 0.5) is 5.69 Å². The molecule has 0 saturated carbocycles. The molecule has 0 fully saturated rings. The summed E-state index contributed by atoms with van der Waals surface area (Å²) in [5, 5.41) is 2.91. The highest BCUT2D eigenvalue weighted by Crippen LogP contribution is 2.26. The number of nitrogens with one attached hydrogen (secondary N) is 1. The molecule has 3 rings (SSSR count). The first-order chi connectivity index (χ1) is 18.9. The van der Waals surface area contributed by atoms with E-state index in [9.17, 15) is 18.0 Å². The maximum atomic E-state index is 14.0. The minimum atomic E-state index is -4.09. The van der Waals surface area contributed by atoms with E-state index in [0.717, 1.165) is 25.9 Å². The number of hydrogen-bond acceptors (Lipinski definition) is 5. The van der Waals surface area contributed by atoms with Crippen LogP contribution >= 0.6 is 11.8 Å². The van der Waals surface area contributed by atoms with Gasteiger partial charge in [0.15, 0.2) is 0 Å². The Kier molecular flexibility index (Phi) is 10.8. The van der Waals surface area contributed by atoms with Gasteiger partial charge < -0.3 is 10.2 Å². The molecule has 0 spiro atoms. The Morgan fingerprint density at radius 3 is 2.10 bits per heavy atom. The molecule has 2 amide bonds. The topological polar surface area (TPSA) is 86.8 Å². The number of hydrogen-bond donors (Lipinski definition) is 1. The summed E-state index contributed by atoms with van der Waals surface area (Å²) >= 11 is 1.52. The molecule has 3 aromatic rings. The average molecular weight is 582 g/mol. The summed E-state index contributed by atoms with van der Waals surface area (Å²) in [7, 11) is -4.09. The van der Waals surface area contributed by atoms with Crippen molar-refractivity contribution in [1.29, 1.82) is 0 Å². The van der Waals surface area contributed by atoms with Gasteiger partial charge in [-0.2, -0.15) is 0 Å². The fourth-order valence-corrected chi connectivity index (χ4v) is 5.94. The number of thioether (sulfide) groups is 1. The van der Waals surface area contributed by atoms with E-state index in [1.54, 1.807) is 43.3 Å². The predicted molar refractivity (Wildman–Crippen MR) is 163 cm³/mol. The molecule has 7 nitrogen and oxygen atoms in total. The number of amides is 2. The van der Waals surface area contributed by atoms with E-state index in [1.807, 2.05) is 70.3 Å². The molecule has 1 N–H and O–H groups in total. The third-order valence-electron chi connectivity index (χ3n) is 6.70. The van der Waals surface area contributed by atoms with Crippen molar-refractivity contribution in [3.63, 3.8) is 0 Å². The number of nitrogens with zero attached hydrogens (tertiary/aromatic N) is 2. The van der Waals surface area contributed by atoms with Gasteiger partial charge in [0.05, 0.1) is 10.6 Å². The van der Waals surface area contributed by atoms with Crippen molar-refractivity contribution in [2.45, 2.75) is 57.0 Å². The fraction of sp³-hybridized carbons (Fsp3) is 0.355. The number of anilines is 1. The van der Waals surface area contributed by atoms with Crippen LogP contribution in [0.25, 0.3) is 0 Å². The first-order valence-electron chi connectivity index (χ1n) is 13.3. The van der Waals surface area contributed by atoms with Gasteiger partial charge in [-0.05, 0) is 80.5 Å². The molecule has 0 radical (unpaired) electrons. The Balaban J connectivity index is 2.02. The van der Waals surface area contributed by atoms with Crippen molar-refractivity contribution in [1.82, 2.24) is 10.2 Å². The summed E-state index contributed by atoms with van der Waals surface area (Å²) in [5.41, 5.74) is 3.21. The van der Waals surface area contributed by atoms with Crippen LogP contribution in [0.1, 0.15) is 37.5 Å². The monoisotopic (exact) mass is 581 g/mol. The Morgan fingerprint density at radius 1 is 0.900 bits per heavy atom. The van der Waals surface area contributed by atoms with Crippen LogP contribution in [0.3, 0.4) is 0 Å². The highest BCUT2D eigenvalue weighted by molar-refractivity contribution is 7.98. The van der Waals surface area contributed by atoms with E-state index in [1.165, 1.54) is 16.7 Å². The zero-order valence-corrected chi connectivity index (χ0v) is 25.7. The molecule has 1 atom stereocenters. The first-order valence-corrected chi connectivity index (χ1v) is 16.0. The minimum Gasteiger partial charge on any atom is -0.354 e. The van der Waals surface area contributed by atoms with Crippen molar-refractivity contribution in [2.24, 2.45) is 5.92 Å². The number of aryl methyl sites for hydroxylation is 2. The molecule has 0 aromatic heterocycles. The van der Waals surface area contributed by atoms with E-state index in [-0.39, 0.29) is 23.3 Å². The Bertz CT molecular complexity index is 1410. The van der Waals surface area contributed by atoms with Crippen molar-refractivity contribution in [2.75, 3.05) is 23.7 Å². The van der Waals surface area contributed by atoms with Crippen LogP contribution in [0.15, 0.2) is 82.6 Å². The molecular weight excluding hydrogens is 542 g/mol. The normalized spacial score (nSPS) is 12.2. The summed E-state index contributed by atoms with van der Waals surface area (Å²) in [6.07, 6.45) is 1.92. The van der Waals surface area contributed by atoms with Gasteiger partial charge in [-0.25, -0.2) is 8.42 Å². The van der Waals surface area contributed by atoms with E-state index >= 15 is 0 Å². The maximum Gasteiger partial charge on any atom is 0.264 e. The molecule has 0 unspecified atom stereocenters. The average Bonchev–Trinajstić information content (AvgIpc) is 2.94. The predicted octanol–water partition coefficient (Wildman–Crippen LogP) is 5.41. The van der Waals surface area contributed by atoms with Crippen molar-refractivity contribution < 1.29 is 18.0 Å². The highest BCUT2D eigenvalue weighted by Gasteiger charge is 2.32. The van der Waals surface area contributed by atoms with Crippen molar-refractivity contribution in [3.8, 4) is 0 Å². The number of rotatable bonds is 12. The van der Waals surface area contributed by atoms with Crippen LogP contribution in [0.2, 0.25) is 0 Å². The lowest BCUT2D eigenvalue weighted by Crippen LogP contribution is -2.51. The Labute approximate surface area is 243 Å². The second kappa shape index (κ2) is 13.9. The van der Waals surface area contributed by atoms with Crippen LogP contribution in [0.5, 0.6) is 0 Å². The van der Waals surface area contributed by atoms with Gasteiger partial charge in [0.2, 0.25) is 11.8 Å². The van der Waals surface area contributed by atoms with E-state index in [4.69, 9.17) is 0 Å². The lowest BCUT2D eigenvalue weighted by Gasteiger charge is -2.32. The summed E-state index contributed by atoms with van der Waals surface area (Å²) in [4.78, 5) is 29.6. The zero-order chi connectivity index (χ0) is 29.4. The van der Waals surface area contributed by atoms with E-state index in [0.29, 0.717) is 12.2 Å². The summed E-state index contributed by atoms with van der Waals surface area (Å²) in [6.45, 7) is 9.73. The van der Waals surface area contributed by atoms with Crippen molar-refractivity contribution >= 4 is 39.3 Å². The third kappa shape index (κ3) is 7.88. The quantitative estimate of drug-likeness (QED) is 0.289. The second-order valence-corrected chi connectivity index (χ2v) is 13.0. The van der Waals surface area contributed by atoms with Crippen LogP contribution in [-0.4, -0.2) is 50.5 Å². The molecule has 3 aromatic carbocycles. The summed E-state index contributed by atoms with van der Waals surface area (Å²) < 4.78 is 29.0. The highest BCUT2D eigenvalue weighted by atomic mass is 32.2. The number of carbonyl (C=O) groups excluding carboxylic acids is 2. The molecule has 0 saturated heterocycles. The Hall–Kier alpha value is -3.30. The molecule has 0 aliphatic heterocycles. The van der Waals surface area contributed by atoms with Gasteiger partial charge >= 0.3 is 0 Å². The SMILES string of the molecule is CSc1ccc(S(=O)(=O)N(CC(=O)N(Cc2ccccc2C)[C@H](C)C(=O)NCC(C)C)c2ccc(C)cc2)cc1. The second-order valence-electron chi connectivity index (χ2n) is 10.3. The molecule has 9 heteroatoms. The fourth-order valence-electron chi connectivity index (χ4n) is 4.12. The van der Waals surface area contributed by atoms with Gasteiger partial charge in [0, 0.05) is 18.0 Å². The number of sulfonamides is 1. The summed E-state index contributed by atoms with van der Waals surface area (Å²) in [6, 6.07) is 20.5. The Morgan fingerprint density at radius 2 is 1.52 bits per heavy atom. The van der Waals surface area contributed by atoms with E-state index < -0.39 is 28.5 Å². The van der Waals surface area contributed by atoms with Crippen LogP contribution in [-0.2, 0) is 26.2 Å². The molecule has 0 aliphatic rings. The van der Waals surface area contributed by atoms with Gasteiger partial charge in [-0.3, -0.25) is 13.9 Å². The van der Waals surface area contributed by atoms with Crippen LogP contribution < -0.4 is 9.62 Å². The number of benzene rings is 3. The zero-order valence-electron chi connectivity index (χ0n) is 24.0. The van der Waals surface area contributed by atoms with E-state index in [2.05, 4.69) is 5.32 Å². The standard InChI is InChI=1S/C31H39N3O4S2/c1-22(2)19-32-31(36)25(5)33(20-26-10-8-7-9-24(26)4)30(35)21-34(27-13-11-23(3)12-14-27)40(37,38)29-17-15-28(39-6)16-18-29/h7-18,22,25H,19-21H2,1-6H3,(H,32,36)/t25-/m1/s1. The molecule has 40 heavy (non-hydrogen) atoms. The maximum absolute atomic E-state index is 14.0. The van der Waals surface area contributed by atoms with Gasteiger partial charge in [0.1, 0.15) is 12.6 Å². The number of carbonyl (C=O) groups is 2. The first kappa shape index (κ1) is 31.2. The molecule has 0 heterocycles. The third-order valence-corrected chi connectivity index (χ3v) is 9.23. The van der Waals surface area contributed by atoms with Crippen LogP contribution in [0, 0.1) is 19.8 Å². The molecule has 0 bridgehead atoms. The molecular formula is C31H39N3O4S2.